The zero-order valence-electron chi connectivity index (χ0n) is 14.4. The molecule has 2 aromatic heterocycles. The Morgan fingerprint density at radius 3 is 2.76 bits per heavy atom. The third-order valence-electron chi connectivity index (χ3n) is 3.78. The van der Waals surface area contributed by atoms with Crippen molar-refractivity contribution < 1.29 is 4.74 Å². The maximum absolute atomic E-state index is 5.70. The van der Waals surface area contributed by atoms with Crippen molar-refractivity contribution in [2.24, 2.45) is 0 Å². The van der Waals surface area contributed by atoms with Crippen LogP contribution < -0.4 is 10.1 Å². The van der Waals surface area contributed by atoms with E-state index in [-0.39, 0.29) is 0 Å². The highest BCUT2D eigenvalue weighted by Gasteiger charge is 2.04. The molecule has 1 aromatic carbocycles. The Balaban J connectivity index is 1.68. The zero-order valence-corrected chi connectivity index (χ0v) is 16.0. The number of halogens is 1. The van der Waals surface area contributed by atoms with Crippen LogP contribution >= 0.6 is 15.9 Å². The van der Waals surface area contributed by atoms with E-state index in [0.717, 1.165) is 33.2 Å². The number of pyridine rings is 2. The molecule has 0 bridgehead atoms. The summed E-state index contributed by atoms with van der Waals surface area (Å²) in [5, 5.41) is 4.58. The Morgan fingerprint density at radius 1 is 1.08 bits per heavy atom. The fourth-order valence-corrected chi connectivity index (χ4v) is 2.79. The number of fused-ring (bicyclic) bond motifs is 1. The van der Waals surface area contributed by atoms with Gasteiger partial charge < -0.3 is 15.0 Å². The molecule has 3 aromatic rings. The minimum absolute atomic E-state index is 0.626. The Hall–Kier alpha value is -2.18. The molecular formula is C19H21BrN4O. The van der Waals surface area contributed by atoms with Gasteiger partial charge in [0.2, 0.25) is 5.88 Å². The summed E-state index contributed by atoms with van der Waals surface area (Å²) in [5.41, 5.74) is 3.14. The number of likely N-dealkylation sites (N-methyl/N-ethyl adjacent to an activating group) is 1. The lowest BCUT2D eigenvalue weighted by Crippen LogP contribution is -2.19. The first-order valence-electron chi connectivity index (χ1n) is 8.12. The predicted octanol–water partition coefficient (Wildman–Crippen LogP) is 3.94. The minimum atomic E-state index is 0.626. The standard InChI is InChI=1S/C19H21BrN4O/c1-24(2)9-10-25-19-11-14(5-7-22-19)13-23-17-6-8-21-18-12-15(20)3-4-16(17)18/h3-8,11-12H,9-10,13H2,1-2H3,(H,21,23). The Labute approximate surface area is 156 Å². The zero-order chi connectivity index (χ0) is 17.6. The average Bonchev–Trinajstić information content (AvgIpc) is 2.59. The molecule has 3 rings (SSSR count). The van der Waals surface area contributed by atoms with Crippen LogP contribution in [0.2, 0.25) is 0 Å². The summed E-state index contributed by atoms with van der Waals surface area (Å²) in [5.74, 6) is 0.657. The van der Waals surface area contributed by atoms with Crippen molar-refractivity contribution in [3.05, 3.63) is 58.8 Å². The average molecular weight is 401 g/mol. The first kappa shape index (κ1) is 17.6. The van der Waals surface area contributed by atoms with Gasteiger partial charge in [-0.25, -0.2) is 4.98 Å². The van der Waals surface area contributed by atoms with Crippen LogP contribution in [0.5, 0.6) is 5.88 Å². The molecule has 130 valence electrons. The van der Waals surface area contributed by atoms with E-state index in [1.54, 1.807) is 6.20 Å². The van der Waals surface area contributed by atoms with Crippen LogP contribution in [0.4, 0.5) is 5.69 Å². The molecule has 0 saturated carbocycles. The summed E-state index contributed by atoms with van der Waals surface area (Å²) < 4.78 is 6.72. The van der Waals surface area contributed by atoms with Crippen molar-refractivity contribution in [2.75, 3.05) is 32.6 Å². The van der Waals surface area contributed by atoms with E-state index in [1.165, 1.54) is 0 Å². The minimum Gasteiger partial charge on any atom is -0.476 e. The summed E-state index contributed by atoms with van der Waals surface area (Å²) in [6.45, 7) is 2.19. The van der Waals surface area contributed by atoms with Crippen molar-refractivity contribution in [1.29, 1.82) is 0 Å². The van der Waals surface area contributed by atoms with Crippen LogP contribution in [0.1, 0.15) is 5.56 Å². The summed E-state index contributed by atoms with van der Waals surface area (Å²) >= 11 is 3.49. The maximum atomic E-state index is 5.70. The molecule has 25 heavy (non-hydrogen) atoms. The molecule has 0 aliphatic rings. The highest BCUT2D eigenvalue weighted by Crippen LogP contribution is 2.25. The van der Waals surface area contributed by atoms with Gasteiger partial charge in [0.25, 0.3) is 0 Å². The second-order valence-electron chi connectivity index (χ2n) is 6.03. The molecule has 5 nitrogen and oxygen atoms in total. The van der Waals surface area contributed by atoms with Crippen LogP contribution in [0.3, 0.4) is 0 Å². The van der Waals surface area contributed by atoms with Crippen LogP contribution in [0, 0.1) is 0 Å². The monoisotopic (exact) mass is 400 g/mol. The van der Waals surface area contributed by atoms with Gasteiger partial charge in [0.1, 0.15) is 6.61 Å². The summed E-state index contributed by atoms with van der Waals surface area (Å²) in [6, 6.07) is 12.1. The molecule has 0 spiro atoms. The van der Waals surface area contributed by atoms with Crippen molar-refractivity contribution in [2.45, 2.75) is 6.54 Å². The van der Waals surface area contributed by atoms with Crippen LogP contribution in [-0.2, 0) is 6.54 Å². The van der Waals surface area contributed by atoms with Crippen LogP contribution in [-0.4, -0.2) is 42.1 Å². The molecule has 0 saturated heterocycles. The number of anilines is 1. The number of aromatic nitrogens is 2. The lowest BCUT2D eigenvalue weighted by molar-refractivity contribution is 0.253. The van der Waals surface area contributed by atoms with Gasteiger partial charge in [0, 0.05) is 47.1 Å². The van der Waals surface area contributed by atoms with Crippen molar-refractivity contribution in [3.8, 4) is 5.88 Å². The summed E-state index contributed by atoms with van der Waals surface area (Å²) in [7, 11) is 4.05. The van der Waals surface area contributed by atoms with Crippen molar-refractivity contribution >= 4 is 32.5 Å². The van der Waals surface area contributed by atoms with E-state index >= 15 is 0 Å². The van der Waals surface area contributed by atoms with E-state index < -0.39 is 0 Å². The van der Waals surface area contributed by atoms with Crippen molar-refractivity contribution in [1.82, 2.24) is 14.9 Å². The lowest BCUT2D eigenvalue weighted by atomic mass is 10.2. The number of hydrogen-bond donors (Lipinski definition) is 1. The number of benzene rings is 1. The molecule has 0 fully saturated rings. The number of nitrogens with zero attached hydrogens (tertiary/aromatic N) is 3. The van der Waals surface area contributed by atoms with Gasteiger partial charge in [-0.05, 0) is 50.0 Å². The van der Waals surface area contributed by atoms with E-state index in [4.69, 9.17) is 4.74 Å². The van der Waals surface area contributed by atoms with Gasteiger partial charge in [-0.3, -0.25) is 4.98 Å². The quantitative estimate of drug-likeness (QED) is 0.650. The third-order valence-corrected chi connectivity index (χ3v) is 4.27. The van der Waals surface area contributed by atoms with E-state index in [1.807, 2.05) is 50.6 Å². The van der Waals surface area contributed by atoms with Gasteiger partial charge in [-0.1, -0.05) is 15.9 Å². The molecule has 0 aliphatic heterocycles. The van der Waals surface area contributed by atoms with Gasteiger partial charge in [0.05, 0.1) is 5.52 Å². The second-order valence-corrected chi connectivity index (χ2v) is 6.94. The molecule has 0 aliphatic carbocycles. The Bertz CT molecular complexity index is 854. The Kier molecular flexibility index (Phi) is 5.83. The summed E-state index contributed by atoms with van der Waals surface area (Å²) in [4.78, 5) is 10.8. The Morgan fingerprint density at radius 2 is 1.92 bits per heavy atom. The van der Waals surface area contributed by atoms with E-state index in [9.17, 15) is 0 Å². The topological polar surface area (TPSA) is 50.3 Å². The second kappa shape index (κ2) is 8.27. The summed E-state index contributed by atoms with van der Waals surface area (Å²) in [6.07, 6.45) is 3.60. The number of nitrogens with one attached hydrogen (secondary N) is 1. The maximum Gasteiger partial charge on any atom is 0.213 e. The van der Waals surface area contributed by atoms with E-state index in [2.05, 4.69) is 42.2 Å². The fourth-order valence-electron chi connectivity index (χ4n) is 2.44. The van der Waals surface area contributed by atoms with Gasteiger partial charge >= 0.3 is 0 Å². The molecular weight excluding hydrogens is 380 g/mol. The SMILES string of the molecule is CN(C)CCOc1cc(CNc2ccnc3cc(Br)ccc23)ccn1. The van der Waals surface area contributed by atoms with E-state index in [0.29, 0.717) is 19.0 Å². The predicted molar refractivity (Wildman–Crippen MR) is 105 cm³/mol. The highest BCUT2D eigenvalue weighted by molar-refractivity contribution is 9.10. The van der Waals surface area contributed by atoms with Gasteiger partial charge in [-0.2, -0.15) is 0 Å². The fraction of sp³-hybridized carbons (Fsp3) is 0.263. The molecule has 2 heterocycles. The number of ether oxygens (including phenoxy) is 1. The first-order chi connectivity index (χ1) is 12.1. The number of rotatable bonds is 7. The normalized spacial score (nSPS) is 11.0. The van der Waals surface area contributed by atoms with Gasteiger partial charge in [0.15, 0.2) is 0 Å². The number of hydrogen-bond acceptors (Lipinski definition) is 5. The molecule has 0 unspecified atom stereocenters. The highest BCUT2D eigenvalue weighted by atomic mass is 79.9. The molecule has 0 radical (unpaired) electrons. The van der Waals surface area contributed by atoms with Crippen LogP contribution in [0.15, 0.2) is 53.3 Å². The van der Waals surface area contributed by atoms with Crippen LogP contribution in [0.25, 0.3) is 10.9 Å². The lowest BCUT2D eigenvalue weighted by Gasteiger charge is -2.12. The van der Waals surface area contributed by atoms with Crippen molar-refractivity contribution in [3.63, 3.8) is 0 Å². The molecule has 0 atom stereocenters. The molecule has 1 N–H and O–H groups in total. The smallest absolute Gasteiger partial charge is 0.213 e. The molecule has 0 amide bonds. The molecule has 6 heteroatoms. The third kappa shape index (κ3) is 4.90. The first-order valence-corrected chi connectivity index (χ1v) is 8.92. The van der Waals surface area contributed by atoms with Gasteiger partial charge in [-0.15, -0.1) is 0 Å². The largest absolute Gasteiger partial charge is 0.476 e.